The van der Waals surface area contributed by atoms with Crippen molar-refractivity contribution in [3.05, 3.63) is 76.7 Å². The number of halogens is 3. The summed E-state index contributed by atoms with van der Waals surface area (Å²) in [6, 6.07) is 10.3. The lowest BCUT2D eigenvalue weighted by Crippen LogP contribution is -2.35. The molecule has 1 N–H and O–H groups in total. The van der Waals surface area contributed by atoms with E-state index in [1.165, 1.54) is 16.9 Å². The average molecular weight is 460 g/mol. The van der Waals surface area contributed by atoms with Crippen LogP contribution in [0.2, 0.25) is 0 Å². The normalized spacial score (nSPS) is 12.9. The number of carbonyl (C=O) groups is 1. The number of hydrogen-bond acceptors (Lipinski definition) is 4. The van der Waals surface area contributed by atoms with Gasteiger partial charge >= 0.3 is 6.18 Å². The van der Waals surface area contributed by atoms with Gasteiger partial charge in [-0.05, 0) is 44.6 Å². The van der Waals surface area contributed by atoms with Crippen LogP contribution < -0.4 is 5.32 Å². The molecule has 0 fully saturated rings. The van der Waals surface area contributed by atoms with Gasteiger partial charge in [-0.1, -0.05) is 43.7 Å². The van der Waals surface area contributed by atoms with Gasteiger partial charge in [-0.2, -0.15) is 18.3 Å². The maximum Gasteiger partial charge on any atom is 0.417 e. The van der Waals surface area contributed by atoms with Gasteiger partial charge < -0.3 is 10.2 Å². The molecular weight excluding hydrogens is 431 g/mol. The largest absolute Gasteiger partial charge is 0.417 e. The van der Waals surface area contributed by atoms with Crippen molar-refractivity contribution in [3.8, 4) is 5.82 Å². The highest BCUT2D eigenvalue weighted by Gasteiger charge is 2.31. The standard InChI is InChI=1S/C24H28F3N5O/c1-15(2)22-19(13-30-32(22)21-11-10-18(12-28-21)24(25,26)27)23(33)29-14-20(31(4)5)17-8-6-16(3)7-9-17/h6-13,15,20H,14H2,1-5H3,(H,29,33). The molecule has 0 aliphatic rings. The number of nitrogens with zero attached hydrogens (tertiary/aromatic N) is 4. The van der Waals surface area contributed by atoms with Crippen molar-refractivity contribution in [3.63, 3.8) is 0 Å². The monoisotopic (exact) mass is 459 g/mol. The zero-order chi connectivity index (χ0) is 24.3. The quantitative estimate of drug-likeness (QED) is 0.554. The van der Waals surface area contributed by atoms with E-state index in [4.69, 9.17) is 0 Å². The molecule has 176 valence electrons. The second-order valence-corrected chi connectivity index (χ2v) is 8.51. The molecule has 0 bridgehead atoms. The highest BCUT2D eigenvalue weighted by Crippen LogP contribution is 2.29. The summed E-state index contributed by atoms with van der Waals surface area (Å²) in [4.78, 5) is 19.0. The van der Waals surface area contributed by atoms with Gasteiger partial charge in [-0.15, -0.1) is 0 Å². The van der Waals surface area contributed by atoms with Crippen molar-refractivity contribution in [2.45, 2.75) is 38.9 Å². The van der Waals surface area contributed by atoms with Gasteiger partial charge in [0.25, 0.3) is 5.91 Å². The predicted molar refractivity (Wildman–Crippen MR) is 120 cm³/mol. The molecule has 0 saturated heterocycles. The molecule has 3 rings (SSSR count). The van der Waals surface area contributed by atoms with Crippen LogP contribution in [0, 0.1) is 6.92 Å². The van der Waals surface area contributed by atoms with Gasteiger partial charge in [0, 0.05) is 12.7 Å². The number of benzene rings is 1. The molecule has 0 spiro atoms. The van der Waals surface area contributed by atoms with Crippen LogP contribution in [0.5, 0.6) is 0 Å². The van der Waals surface area contributed by atoms with E-state index in [0.717, 1.165) is 23.4 Å². The highest BCUT2D eigenvalue weighted by atomic mass is 19.4. The third-order valence-corrected chi connectivity index (χ3v) is 5.43. The molecule has 2 aromatic heterocycles. The highest BCUT2D eigenvalue weighted by molar-refractivity contribution is 5.95. The first-order valence-electron chi connectivity index (χ1n) is 10.6. The molecule has 1 amide bonds. The lowest BCUT2D eigenvalue weighted by atomic mass is 10.0. The van der Waals surface area contributed by atoms with Crippen molar-refractivity contribution < 1.29 is 18.0 Å². The lowest BCUT2D eigenvalue weighted by Gasteiger charge is -2.25. The number of rotatable bonds is 7. The molecule has 33 heavy (non-hydrogen) atoms. The number of aromatic nitrogens is 3. The van der Waals surface area contributed by atoms with Crippen molar-refractivity contribution in [1.82, 2.24) is 25.0 Å². The Labute approximate surface area is 191 Å². The van der Waals surface area contributed by atoms with Crippen molar-refractivity contribution in [2.24, 2.45) is 0 Å². The third kappa shape index (κ3) is 5.60. The summed E-state index contributed by atoms with van der Waals surface area (Å²) in [6.07, 6.45) is -2.27. The maximum atomic E-state index is 13.1. The summed E-state index contributed by atoms with van der Waals surface area (Å²) < 4.78 is 40.0. The summed E-state index contributed by atoms with van der Waals surface area (Å²) in [5, 5.41) is 7.23. The fraction of sp³-hybridized carbons (Fsp3) is 0.375. The molecule has 6 nitrogen and oxygen atoms in total. The van der Waals surface area contributed by atoms with Gasteiger partial charge in [0.1, 0.15) is 0 Å². The number of nitrogens with one attached hydrogen (secondary N) is 1. The molecule has 1 unspecified atom stereocenters. The number of amides is 1. The second-order valence-electron chi connectivity index (χ2n) is 8.51. The van der Waals surface area contributed by atoms with Crippen molar-refractivity contribution in [1.29, 1.82) is 0 Å². The van der Waals surface area contributed by atoms with E-state index in [-0.39, 0.29) is 23.7 Å². The predicted octanol–water partition coefficient (Wildman–Crippen LogP) is 4.75. The SMILES string of the molecule is Cc1ccc(C(CNC(=O)c2cnn(-c3ccc(C(F)(F)F)cn3)c2C(C)C)N(C)C)cc1. The zero-order valence-corrected chi connectivity index (χ0v) is 19.3. The van der Waals surface area contributed by atoms with E-state index in [2.05, 4.69) is 15.4 Å². The minimum atomic E-state index is -4.47. The van der Waals surface area contributed by atoms with E-state index in [9.17, 15) is 18.0 Å². The number of pyridine rings is 1. The maximum absolute atomic E-state index is 13.1. The van der Waals surface area contributed by atoms with Crippen LogP contribution in [0.4, 0.5) is 13.2 Å². The van der Waals surface area contributed by atoms with Gasteiger partial charge in [0.2, 0.25) is 0 Å². The Bertz CT molecular complexity index is 1090. The third-order valence-electron chi connectivity index (χ3n) is 5.43. The van der Waals surface area contributed by atoms with Crippen LogP contribution >= 0.6 is 0 Å². The van der Waals surface area contributed by atoms with Crippen LogP contribution in [0.1, 0.15) is 58.5 Å². The summed E-state index contributed by atoms with van der Waals surface area (Å²) in [5.41, 5.74) is 2.35. The average Bonchev–Trinajstić information content (AvgIpc) is 3.20. The summed E-state index contributed by atoms with van der Waals surface area (Å²) in [6.45, 7) is 6.19. The molecule has 3 aromatic rings. The van der Waals surface area contributed by atoms with Gasteiger partial charge in [0.15, 0.2) is 5.82 Å². The Kier molecular flexibility index (Phi) is 7.22. The molecule has 0 radical (unpaired) electrons. The molecule has 1 aromatic carbocycles. The van der Waals surface area contributed by atoms with E-state index in [1.807, 2.05) is 64.0 Å². The fourth-order valence-corrected chi connectivity index (χ4v) is 3.62. The van der Waals surface area contributed by atoms with Crippen molar-refractivity contribution >= 4 is 5.91 Å². The number of hydrogen-bond donors (Lipinski definition) is 1. The topological polar surface area (TPSA) is 63.1 Å². The van der Waals surface area contributed by atoms with Crippen LogP contribution in [0.25, 0.3) is 5.82 Å². The molecule has 0 aliphatic heterocycles. The van der Waals surface area contributed by atoms with Gasteiger partial charge in [-0.3, -0.25) is 4.79 Å². The number of alkyl halides is 3. The summed E-state index contributed by atoms with van der Waals surface area (Å²) >= 11 is 0. The number of likely N-dealkylation sites (N-methyl/N-ethyl adjacent to an activating group) is 1. The minimum Gasteiger partial charge on any atom is -0.350 e. The van der Waals surface area contributed by atoms with Crippen LogP contribution in [-0.4, -0.2) is 46.2 Å². The fourth-order valence-electron chi connectivity index (χ4n) is 3.62. The molecule has 0 saturated carbocycles. The van der Waals surface area contributed by atoms with Crippen LogP contribution in [0.3, 0.4) is 0 Å². The molecular formula is C24H28F3N5O. The molecule has 0 aliphatic carbocycles. The van der Waals surface area contributed by atoms with E-state index in [1.54, 1.807) is 0 Å². The summed E-state index contributed by atoms with van der Waals surface area (Å²) in [5.74, 6) is -0.188. The smallest absolute Gasteiger partial charge is 0.350 e. The Morgan fingerprint density at radius 3 is 2.27 bits per heavy atom. The Balaban J connectivity index is 1.83. The van der Waals surface area contributed by atoms with E-state index in [0.29, 0.717) is 17.8 Å². The van der Waals surface area contributed by atoms with Gasteiger partial charge in [0.05, 0.1) is 29.1 Å². The number of aryl methyl sites for hydroxylation is 1. The first-order valence-corrected chi connectivity index (χ1v) is 10.6. The Morgan fingerprint density at radius 1 is 1.09 bits per heavy atom. The van der Waals surface area contributed by atoms with E-state index >= 15 is 0 Å². The van der Waals surface area contributed by atoms with Crippen LogP contribution in [0.15, 0.2) is 48.8 Å². The second kappa shape index (κ2) is 9.74. The zero-order valence-electron chi connectivity index (χ0n) is 19.3. The van der Waals surface area contributed by atoms with Gasteiger partial charge in [-0.25, -0.2) is 9.67 Å². The molecule has 9 heteroatoms. The molecule has 2 heterocycles. The first-order chi connectivity index (χ1) is 15.5. The number of carbonyl (C=O) groups excluding carboxylic acids is 1. The lowest BCUT2D eigenvalue weighted by molar-refractivity contribution is -0.137. The first kappa shape index (κ1) is 24.4. The Morgan fingerprint density at radius 2 is 1.76 bits per heavy atom. The summed E-state index contributed by atoms with van der Waals surface area (Å²) in [7, 11) is 3.90. The Hall–Kier alpha value is -3.20. The molecule has 1 atom stereocenters. The minimum absolute atomic E-state index is 0.0244. The van der Waals surface area contributed by atoms with E-state index < -0.39 is 11.7 Å². The van der Waals surface area contributed by atoms with Crippen LogP contribution in [-0.2, 0) is 6.18 Å². The van der Waals surface area contributed by atoms with Crippen molar-refractivity contribution in [2.75, 3.05) is 20.6 Å².